The Hall–Kier alpha value is -2.80. The molecule has 1 unspecified atom stereocenters. The summed E-state index contributed by atoms with van der Waals surface area (Å²) in [6, 6.07) is 14.3. The van der Waals surface area contributed by atoms with E-state index in [9.17, 15) is 4.79 Å². The van der Waals surface area contributed by atoms with Crippen molar-refractivity contribution in [1.29, 1.82) is 0 Å². The van der Waals surface area contributed by atoms with E-state index < -0.39 is 0 Å². The highest BCUT2D eigenvalue weighted by Gasteiger charge is 2.36. The summed E-state index contributed by atoms with van der Waals surface area (Å²) in [6.45, 7) is 4.60. The van der Waals surface area contributed by atoms with Crippen LogP contribution in [0, 0.1) is 11.7 Å². The van der Waals surface area contributed by atoms with Gasteiger partial charge in [0.2, 0.25) is 5.91 Å². The fraction of sp³-hybridized carbons (Fsp3) is 0.364. The molecule has 1 aromatic carbocycles. The van der Waals surface area contributed by atoms with E-state index in [0.29, 0.717) is 23.8 Å². The third-order valence-electron chi connectivity index (χ3n) is 5.38. The van der Waals surface area contributed by atoms with Gasteiger partial charge in [0, 0.05) is 30.8 Å². The molecule has 7 heteroatoms. The van der Waals surface area contributed by atoms with Gasteiger partial charge >= 0.3 is 0 Å². The summed E-state index contributed by atoms with van der Waals surface area (Å²) < 4.78 is 2.44. The van der Waals surface area contributed by atoms with E-state index in [1.807, 2.05) is 51.9 Å². The number of amides is 1. The molecule has 0 aliphatic heterocycles. The number of H-pyrrole nitrogens is 1. The van der Waals surface area contributed by atoms with Crippen LogP contribution in [0.2, 0.25) is 0 Å². The summed E-state index contributed by atoms with van der Waals surface area (Å²) in [5.74, 6) is 0.891. The molecule has 1 atom stereocenters. The van der Waals surface area contributed by atoms with Crippen LogP contribution in [0.5, 0.6) is 0 Å². The Morgan fingerprint density at radius 2 is 2.03 bits per heavy atom. The molecule has 1 saturated carbocycles. The van der Waals surface area contributed by atoms with Crippen molar-refractivity contribution in [3.8, 4) is 11.4 Å². The van der Waals surface area contributed by atoms with Crippen LogP contribution in [0.25, 0.3) is 11.4 Å². The average Bonchev–Trinajstić information content (AvgIpc) is 3.50. The number of benzene rings is 1. The molecule has 4 rings (SSSR count). The minimum atomic E-state index is -0.0370. The first-order chi connectivity index (χ1) is 14.0. The molecule has 150 valence electrons. The van der Waals surface area contributed by atoms with Crippen LogP contribution in [-0.4, -0.2) is 36.6 Å². The predicted octanol–water partition coefficient (Wildman–Crippen LogP) is 4.45. The second-order valence-electron chi connectivity index (χ2n) is 7.58. The highest BCUT2D eigenvalue weighted by atomic mass is 32.1. The number of pyridine rings is 1. The second kappa shape index (κ2) is 8.29. The van der Waals surface area contributed by atoms with E-state index in [4.69, 9.17) is 12.2 Å². The third kappa shape index (κ3) is 4.29. The molecule has 2 aromatic heterocycles. The summed E-state index contributed by atoms with van der Waals surface area (Å²) in [5.41, 5.74) is 3.09. The molecule has 0 radical (unpaired) electrons. The van der Waals surface area contributed by atoms with Gasteiger partial charge in [-0.15, -0.1) is 0 Å². The molecule has 0 bridgehead atoms. The summed E-state index contributed by atoms with van der Waals surface area (Å²) in [7, 11) is 0. The number of aromatic nitrogens is 4. The molecule has 1 aliphatic carbocycles. The topological polar surface area (TPSA) is 66.8 Å². The molecule has 1 amide bonds. The zero-order valence-corrected chi connectivity index (χ0v) is 17.5. The van der Waals surface area contributed by atoms with Gasteiger partial charge in [-0.3, -0.25) is 19.4 Å². The molecule has 0 saturated heterocycles. The van der Waals surface area contributed by atoms with E-state index in [1.54, 1.807) is 6.20 Å². The van der Waals surface area contributed by atoms with Crippen LogP contribution < -0.4 is 0 Å². The highest BCUT2D eigenvalue weighted by Crippen LogP contribution is 2.34. The summed E-state index contributed by atoms with van der Waals surface area (Å²) in [6.07, 6.45) is 4.27. The Bertz CT molecular complexity index is 1040. The molecule has 6 nitrogen and oxygen atoms in total. The predicted molar refractivity (Wildman–Crippen MR) is 115 cm³/mol. The maximum absolute atomic E-state index is 13.2. The van der Waals surface area contributed by atoms with Crippen molar-refractivity contribution >= 4 is 18.1 Å². The minimum Gasteiger partial charge on any atom is -0.331 e. The lowest BCUT2D eigenvalue weighted by atomic mass is 10.1. The van der Waals surface area contributed by atoms with Crippen molar-refractivity contribution < 1.29 is 4.79 Å². The second-order valence-corrected chi connectivity index (χ2v) is 7.97. The van der Waals surface area contributed by atoms with Crippen LogP contribution in [0.4, 0.5) is 0 Å². The maximum Gasteiger partial charge on any atom is 0.225 e. The fourth-order valence-electron chi connectivity index (χ4n) is 3.64. The van der Waals surface area contributed by atoms with E-state index in [1.165, 1.54) is 5.56 Å². The third-order valence-corrected chi connectivity index (χ3v) is 5.69. The van der Waals surface area contributed by atoms with Crippen molar-refractivity contribution in [3.05, 3.63) is 64.7 Å². The molecule has 29 heavy (non-hydrogen) atoms. The Labute approximate surface area is 175 Å². The van der Waals surface area contributed by atoms with Crippen molar-refractivity contribution in [3.63, 3.8) is 0 Å². The minimum absolute atomic E-state index is 0.0370. The average molecular weight is 408 g/mol. The Morgan fingerprint density at radius 1 is 1.28 bits per heavy atom. The number of carbonyl (C=O) groups excluding carboxylic acids is 1. The number of nitrogens with zero attached hydrogens (tertiary/aromatic N) is 4. The number of carbonyl (C=O) groups is 1. The number of hydrogen-bond acceptors (Lipinski definition) is 4. The molecule has 0 spiro atoms. The molecule has 2 heterocycles. The fourth-order valence-corrected chi connectivity index (χ4v) is 3.86. The van der Waals surface area contributed by atoms with Crippen LogP contribution in [0.1, 0.15) is 43.5 Å². The van der Waals surface area contributed by atoms with Gasteiger partial charge in [0.25, 0.3) is 0 Å². The van der Waals surface area contributed by atoms with Crippen LogP contribution in [-0.2, 0) is 11.3 Å². The van der Waals surface area contributed by atoms with Crippen molar-refractivity contribution in [2.24, 2.45) is 0 Å². The molecule has 3 aromatic rings. The smallest absolute Gasteiger partial charge is 0.225 e. The first-order valence-corrected chi connectivity index (χ1v) is 10.4. The molecular formula is C22H25N5OS. The highest BCUT2D eigenvalue weighted by molar-refractivity contribution is 7.71. The molecule has 1 N–H and O–H groups in total. The maximum atomic E-state index is 13.2. The summed E-state index contributed by atoms with van der Waals surface area (Å²) >= 11 is 5.42. The number of rotatable bonds is 7. The van der Waals surface area contributed by atoms with Crippen molar-refractivity contribution in [2.45, 2.75) is 51.7 Å². The SMILES string of the molecule is Cc1ccc(-c2n[nH]c(=S)n2CCC(=O)N(C2CC2)C(C)c2ccccn2)cc1. The zero-order valence-electron chi connectivity index (χ0n) is 16.7. The van der Waals surface area contributed by atoms with Gasteiger partial charge in [-0.25, -0.2) is 0 Å². The quantitative estimate of drug-likeness (QED) is 0.588. The van der Waals surface area contributed by atoms with Gasteiger partial charge in [-0.1, -0.05) is 35.9 Å². The molecule has 1 fully saturated rings. The first-order valence-electron chi connectivity index (χ1n) is 9.99. The normalized spacial score (nSPS) is 14.6. The number of aromatic amines is 1. The van der Waals surface area contributed by atoms with E-state index >= 15 is 0 Å². The molecule has 1 aliphatic rings. The lowest BCUT2D eigenvalue weighted by molar-refractivity contribution is -0.134. The van der Waals surface area contributed by atoms with Gasteiger partial charge in [0.1, 0.15) is 0 Å². The van der Waals surface area contributed by atoms with Gasteiger partial charge in [0.15, 0.2) is 10.6 Å². The number of nitrogens with one attached hydrogen (secondary N) is 1. The summed E-state index contributed by atoms with van der Waals surface area (Å²) in [5, 5.41) is 7.25. The monoisotopic (exact) mass is 407 g/mol. The number of hydrogen-bond donors (Lipinski definition) is 1. The van der Waals surface area contributed by atoms with Gasteiger partial charge in [-0.05, 0) is 51.0 Å². The lowest BCUT2D eigenvalue weighted by Crippen LogP contribution is -2.36. The lowest BCUT2D eigenvalue weighted by Gasteiger charge is -2.29. The summed E-state index contributed by atoms with van der Waals surface area (Å²) in [4.78, 5) is 19.6. The van der Waals surface area contributed by atoms with Crippen LogP contribution in [0.3, 0.4) is 0 Å². The van der Waals surface area contributed by atoms with E-state index in [2.05, 4.69) is 29.0 Å². The van der Waals surface area contributed by atoms with Gasteiger partial charge in [0.05, 0.1) is 11.7 Å². The number of aryl methyl sites for hydroxylation is 1. The Kier molecular flexibility index (Phi) is 5.58. The van der Waals surface area contributed by atoms with E-state index in [0.717, 1.165) is 29.9 Å². The van der Waals surface area contributed by atoms with Crippen molar-refractivity contribution in [2.75, 3.05) is 0 Å². The zero-order chi connectivity index (χ0) is 20.4. The molecular weight excluding hydrogens is 382 g/mol. The first kappa shape index (κ1) is 19.5. The van der Waals surface area contributed by atoms with E-state index in [-0.39, 0.29) is 11.9 Å². The van der Waals surface area contributed by atoms with Gasteiger partial charge in [-0.2, -0.15) is 5.10 Å². The Morgan fingerprint density at radius 3 is 2.69 bits per heavy atom. The Balaban J connectivity index is 1.51. The largest absolute Gasteiger partial charge is 0.331 e. The van der Waals surface area contributed by atoms with Crippen molar-refractivity contribution in [1.82, 2.24) is 24.6 Å². The van der Waals surface area contributed by atoms with Gasteiger partial charge < -0.3 is 4.90 Å². The standard InChI is InChI=1S/C22H25N5OS/c1-15-6-8-17(9-7-15)21-24-25-22(29)26(21)14-12-20(28)27(18-10-11-18)16(2)19-5-3-4-13-23-19/h3-9,13,16,18H,10-12,14H2,1-2H3,(H,25,29). The van der Waals surface area contributed by atoms with Crippen LogP contribution in [0.15, 0.2) is 48.7 Å². The van der Waals surface area contributed by atoms with Crippen LogP contribution >= 0.6 is 12.2 Å².